The topological polar surface area (TPSA) is 71.8 Å². The summed E-state index contributed by atoms with van der Waals surface area (Å²) in [6.45, 7) is 11.9. The molecule has 2 aromatic rings. The van der Waals surface area contributed by atoms with E-state index in [1.54, 1.807) is 24.8 Å². The number of nitriles is 1. The van der Waals surface area contributed by atoms with Crippen molar-refractivity contribution in [1.82, 2.24) is 10.2 Å². The lowest BCUT2D eigenvalue weighted by Crippen LogP contribution is -2.51. The number of piperazine rings is 1. The molecule has 2 heterocycles. The maximum atomic E-state index is 13.6. The summed E-state index contributed by atoms with van der Waals surface area (Å²) in [5.74, 6) is 0.288. The third-order valence-electron chi connectivity index (χ3n) is 7.54. The Kier molecular flexibility index (Phi) is 8.73. The molecule has 1 atom stereocenters. The molecular formula is C29H34F3N5O2S. The van der Waals surface area contributed by atoms with E-state index in [2.05, 4.69) is 17.1 Å². The van der Waals surface area contributed by atoms with Crippen LogP contribution in [0.2, 0.25) is 0 Å². The molecule has 0 aliphatic carbocycles. The fourth-order valence-corrected chi connectivity index (χ4v) is 5.76. The van der Waals surface area contributed by atoms with E-state index < -0.39 is 28.7 Å². The van der Waals surface area contributed by atoms with Gasteiger partial charge in [0, 0.05) is 37.9 Å². The first-order valence-electron chi connectivity index (χ1n) is 13.4. The van der Waals surface area contributed by atoms with Crippen molar-refractivity contribution in [2.45, 2.75) is 58.3 Å². The number of nitrogens with zero attached hydrogens (tertiary/aromatic N) is 4. The molecule has 4 rings (SSSR count). The summed E-state index contributed by atoms with van der Waals surface area (Å²) in [4.78, 5) is 18.7. The number of hydrogen-bond donors (Lipinski definition) is 1. The van der Waals surface area contributed by atoms with Crippen LogP contribution >= 0.6 is 12.2 Å². The van der Waals surface area contributed by atoms with Crippen LogP contribution in [-0.4, -0.2) is 60.3 Å². The minimum atomic E-state index is -4.75. The number of benzene rings is 2. The second-order valence-corrected chi connectivity index (χ2v) is 10.9. The molecule has 214 valence electrons. The Bertz CT molecular complexity index is 1320. The largest absolute Gasteiger partial charge is 0.492 e. The van der Waals surface area contributed by atoms with Gasteiger partial charge in [0.05, 0.1) is 22.9 Å². The van der Waals surface area contributed by atoms with E-state index >= 15 is 0 Å². The van der Waals surface area contributed by atoms with Gasteiger partial charge in [0.25, 0.3) is 5.91 Å². The molecule has 2 aliphatic rings. The summed E-state index contributed by atoms with van der Waals surface area (Å²) >= 11 is 5.67. The number of nitrogens with one attached hydrogen (secondary N) is 1. The van der Waals surface area contributed by atoms with E-state index in [-0.39, 0.29) is 10.8 Å². The molecule has 0 bridgehead atoms. The van der Waals surface area contributed by atoms with Gasteiger partial charge < -0.3 is 15.0 Å². The molecule has 7 nitrogen and oxygen atoms in total. The van der Waals surface area contributed by atoms with Crippen molar-refractivity contribution in [2.24, 2.45) is 0 Å². The average Bonchev–Trinajstić information content (AvgIpc) is 3.11. The number of rotatable bonds is 8. The summed E-state index contributed by atoms with van der Waals surface area (Å²) in [6, 6.07) is 10.8. The Morgan fingerprint density at radius 2 is 1.90 bits per heavy atom. The maximum absolute atomic E-state index is 13.6. The van der Waals surface area contributed by atoms with Gasteiger partial charge in [0.2, 0.25) is 0 Å². The molecule has 0 spiro atoms. The number of alkyl halides is 3. The summed E-state index contributed by atoms with van der Waals surface area (Å²) in [7, 11) is 0. The number of thiocarbonyl (C=S) groups is 1. The Labute approximate surface area is 238 Å². The second-order valence-electron chi connectivity index (χ2n) is 10.5. The zero-order chi connectivity index (χ0) is 29.2. The van der Waals surface area contributed by atoms with Crippen molar-refractivity contribution in [3.05, 3.63) is 53.1 Å². The lowest BCUT2D eigenvalue weighted by Gasteiger charge is -2.33. The molecule has 2 aliphatic heterocycles. The summed E-state index contributed by atoms with van der Waals surface area (Å²) in [5.41, 5.74) is -1.24. The maximum Gasteiger partial charge on any atom is 0.417 e. The highest BCUT2D eigenvalue weighted by Gasteiger charge is 2.50. The molecule has 1 N–H and O–H groups in total. The van der Waals surface area contributed by atoms with E-state index in [9.17, 15) is 18.0 Å². The van der Waals surface area contributed by atoms with E-state index in [1.807, 2.05) is 25.1 Å². The van der Waals surface area contributed by atoms with Gasteiger partial charge in [-0.1, -0.05) is 13.8 Å². The number of aryl methyl sites for hydroxylation is 1. The number of ether oxygens (including phenoxy) is 1. The average molecular weight is 574 g/mol. The van der Waals surface area contributed by atoms with Gasteiger partial charge in [0.15, 0.2) is 5.11 Å². The Morgan fingerprint density at radius 1 is 1.18 bits per heavy atom. The highest BCUT2D eigenvalue weighted by atomic mass is 32.1. The van der Waals surface area contributed by atoms with E-state index in [4.69, 9.17) is 22.2 Å². The summed E-state index contributed by atoms with van der Waals surface area (Å²) < 4.78 is 47.0. The van der Waals surface area contributed by atoms with E-state index in [0.717, 1.165) is 60.9 Å². The molecule has 0 radical (unpaired) electrons. The molecule has 2 aromatic carbocycles. The number of amides is 1. The normalized spacial score (nSPS) is 19.7. The quantitative estimate of drug-likeness (QED) is 0.440. The predicted molar refractivity (Wildman–Crippen MR) is 153 cm³/mol. The Hall–Kier alpha value is -3.20. The smallest absolute Gasteiger partial charge is 0.417 e. The molecule has 0 unspecified atom stereocenters. The molecule has 11 heteroatoms. The van der Waals surface area contributed by atoms with Crippen molar-refractivity contribution in [2.75, 3.05) is 42.6 Å². The first-order chi connectivity index (χ1) is 18.9. The number of carbonyl (C=O) groups excluding carboxylic acids is 1. The monoisotopic (exact) mass is 573 g/mol. The van der Waals surface area contributed by atoms with E-state index in [1.165, 1.54) is 6.07 Å². The molecule has 1 amide bonds. The lowest BCUT2D eigenvalue weighted by molar-refractivity contribution is -0.137. The van der Waals surface area contributed by atoms with Gasteiger partial charge >= 0.3 is 6.18 Å². The minimum Gasteiger partial charge on any atom is -0.492 e. The fraction of sp³-hybridized carbons (Fsp3) is 0.483. The van der Waals surface area contributed by atoms with Gasteiger partial charge in [-0.2, -0.15) is 18.4 Å². The van der Waals surface area contributed by atoms with Gasteiger partial charge in [-0.15, -0.1) is 0 Å². The van der Waals surface area contributed by atoms with Crippen molar-refractivity contribution in [3.8, 4) is 11.8 Å². The predicted octanol–water partition coefficient (Wildman–Crippen LogP) is 5.12. The zero-order valence-electron chi connectivity index (χ0n) is 23.1. The van der Waals surface area contributed by atoms with Gasteiger partial charge in [0.1, 0.15) is 17.9 Å². The van der Waals surface area contributed by atoms with Gasteiger partial charge in [-0.05, 0) is 80.9 Å². The van der Waals surface area contributed by atoms with Gasteiger partial charge in [-0.25, -0.2) is 0 Å². The summed E-state index contributed by atoms with van der Waals surface area (Å²) in [5, 5.41) is 12.7. The molecule has 0 aromatic heterocycles. The first-order valence-corrected chi connectivity index (χ1v) is 13.8. The number of hydrogen-bond acceptors (Lipinski definition) is 6. The summed E-state index contributed by atoms with van der Waals surface area (Å²) in [6.07, 6.45) is -2.99. The Balaban J connectivity index is 1.56. The molecule has 2 fully saturated rings. The second kappa shape index (κ2) is 11.7. The number of halogens is 3. The molecular weight excluding hydrogens is 539 g/mol. The SMILES string of the molecule is CCc1cc(N2C(=S)N(c3ccc(C#N)c(C(F)(F)F)c3)C(=O)C2(C)C)ccc1OCCN1CCN[C@@H](CC)C1. The van der Waals surface area contributed by atoms with Gasteiger partial charge in [-0.3, -0.25) is 14.6 Å². The number of anilines is 2. The number of carbonyl (C=O) groups is 1. The third kappa shape index (κ3) is 5.80. The van der Waals surface area contributed by atoms with Crippen molar-refractivity contribution in [1.29, 1.82) is 5.26 Å². The van der Waals surface area contributed by atoms with Crippen LogP contribution in [0.4, 0.5) is 24.5 Å². The van der Waals surface area contributed by atoms with Crippen molar-refractivity contribution < 1.29 is 22.7 Å². The van der Waals surface area contributed by atoms with Crippen LogP contribution in [-0.2, 0) is 17.4 Å². The minimum absolute atomic E-state index is 0.0363. The van der Waals surface area contributed by atoms with Crippen LogP contribution in [0.15, 0.2) is 36.4 Å². The van der Waals surface area contributed by atoms with Crippen LogP contribution in [0.1, 0.15) is 50.8 Å². The van der Waals surface area contributed by atoms with Crippen molar-refractivity contribution in [3.63, 3.8) is 0 Å². The van der Waals surface area contributed by atoms with Crippen LogP contribution in [0.3, 0.4) is 0 Å². The molecule has 0 saturated carbocycles. The Morgan fingerprint density at radius 3 is 2.55 bits per heavy atom. The van der Waals surface area contributed by atoms with Crippen molar-refractivity contribution >= 4 is 34.6 Å². The van der Waals surface area contributed by atoms with E-state index in [0.29, 0.717) is 24.8 Å². The standard InChI is InChI=1S/C29H34F3N5O2S/c1-5-19-15-23(9-10-25(19)39-14-13-35-12-11-34-21(6-2)18-35)37-27(40)36(26(38)28(37,3)4)22-8-7-20(17-33)24(16-22)29(30,31)32/h7-10,15-16,21,34H,5-6,11-14,18H2,1-4H3/t21-/m0/s1. The van der Waals surface area contributed by atoms with Crippen LogP contribution in [0.5, 0.6) is 5.75 Å². The third-order valence-corrected chi connectivity index (χ3v) is 7.90. The molecule has 2 saturated heterocycles. The first kappa shape index (κ1) is 29.8. The van der Waals surface area contributed by atoms with Crippen LogP contribution < -0.4 is 19.9 Å². The zero-order valence-corrected chi connectivity index (χ0v) is 24.0. The molecule has 40 heavy (non-hydrogen) atoms. The lowest BCUT2D eigenvalue weighted by atomic mass is 10.0. The van der Waals surface area contributed by atoms with Crippen LogP contribution in [0, 0.1) is 11.3 Å². The van der Waals surface area contributed by atoms with Crippen LogP contribution in [0.25, 0.3) is 0 Å². The fourth-order valence-electron chi connectivity index (χ4n) is 5.24. The highest BCUT2D eigenvalue weighted by molar-refractivity contribution is 7.81. The highest BCUT2D eigenvalue weighted by Crippen LogP contribution is 2.40.